The van der Waals surface area contributed by atoms with Crippen LogP contribution in [0.1, 0.15) is 41.7 Å². The molecule has 3 heterocycles. The number of urea groups is 1. The van der Waals surface area contributed by atoms with Crippen LogP contribution in [0.4, 0.5) is 10.6 Å². The Morgan fingerprint density at radius 2 is 1.85 bits per heavy atom. The van der Waals surface area contributed by atoms with Gasteiger partial charge in [-0.3, -0.25) is 28.8 Å². The molecule has 1 saturated carbocycles. The number of nitrogen functional groups attached to an aromatic ring is 1. The van der Waals surface area contributed by atoms with E-state index in [0.717, 1.165) is 4.90 Å². The molecule has 3 amide bonds. The zero-order chi connectivity index (χ0) is 23.5. The first-order valence-electron chi connectivity index (χ1n) is 10.4. The lowest BCUT2D eigenvalue weighted by atomic mass is 9.91. The molecule has 12 heteroatoms. The molecule has 33 heavy (non-hydrogen) atoms. The number of nitrogens with two attached hydrogens (primary N) is 1. The van der Waals surface area contributed by atoms with Crippen molar-refractivity contribution in [3.63, 3.8) is 0 Å². The third-order valence-corrected chi connectivity index (χ3v) is 6.07. The van der Waals surface area contributed by atoms with Gasteiger partial charge in [-0.2, -0.15) is 0 Å². The van der Waals surface area contributed by atoms with E-state index < -0.39 is 46.6 Å². The van der Waals surface area contributed by atoms with Gasteiger partial charge in [-0.15, -0.1) is 0 Å². The maximum atomic E-state index is 13.2. The van der Waals surface area contributed by atoms with Crippen molar-refractivity contribution in [3.05, 3.63) is 50.2 Å². The number of H-pyrrole nitrogens is 1. The van der Waals surface area contributed by atoms with E-state index >= 15 is 0 Å². The number of anilines is 1. The predicted molar refractivity (Wildman–Crippen MR) is 113 cm³/mol. The van der Waals surface area contributed by atoms with Crippen LogP contribution in [0.3, 0.4) is 0 Å². The first kappa shape index (κ1) is 20.8. The molecular formula is C21H21N5O7. The van der Waals surface area contributed by atoms with Crippen LogP contribution in [0.15, 0.2) is 27.8 Å². The fraction of sp³-hybridized carbons (Fsp3) is 0.381. The third-order valence-electron chi connectivity index (χ3n) is 6.07. The van der Waals surface area contributed by atoms with Crippen molar-refractivity contribution in [2.24, 2.45) is 0 Å². The molecule has 1 unspecified atom stereocenters. The molecule has 1 saturated heterocycles. The number of nitrogens with zero attached hydrogens (tertiary/aromatic N) is 2. The summed E-state index contributed by atoms with van der Waals surface area (Å²) in [6.45, 7) is 1.57. The van der Waals surface area contributed by atoms with E-state index in [-0.39, 0.29) is 11.9 Å². The number of rotatable bonds is 5. The SMILES string of the molecule is CC1(c2ccc3c(c2)OCCO3)NC(=O)N(CC(=O)c2c(N)n(C3CC3)c(=O)[nH]c2=O)C1=O. The van der Waals surface area contributed by atoms with Crippen LogP contribution >= 0.6 is 0 Å². The Hall–Kier alpha value is -4.09. The lowest BCUT2D eigenvalue weighted by molar-refractivity contribution is -0.130. The van der Waals surface area contributed by atoms with Crippen molar-refractivity contribution < 1.29 is 23.9 Å². The summed E-state index contributed by atoms with van der Waals surface area (Å²) in [7, 11) is 0. The average Bonchev–Trinajstić information content (AvgIpc) is 3.57. The number of ether oxygens (including phenoxy) is 2. The number of Topliss-reactive ketones (excluding diaryl/α,β-unsaturated/α-hetero) is 1. The van der Waals surface area contributed by atoms with Crippen LogP contribution in [0.2, 0.25) is 0 Å². The van der Waals surface area contributed by atoms with Crippen molar-refractivity contribution >= 4 is 23.5 Å². The Balaban J connectivity index is 1.44. The average molecular weight is 455 g/mol. The molecule has 2 aliphatic heterocycles. The van der Waals surface area contributed by atoms with E-state index in [9.17, 15) is 24.0 Å². The van der Waals surface area contributed by atoms with E-state index in [1.54, 1.807) is 18.2 Å². The van der Waals surface area contributed by atoms with Crippen LogP contribution in [0.25, 0.3) is 0 Å². The minimum atomic E-state index is -1.46. The van der Waals surface area contributed by atoms with E-state index in [4.69, 9.17) is 15.2 Å². The summed E-state index contributed by atoms with van der Waals surface area (Å²) in [5.41, 5.74) is 2.85. The van der Waals surface area contributed by atoms with Crippen molar-refractivity contribution in [3.8, 4) is 11.5 Å². The molecule has 1 aliphatic carbocycles. The molecule has 4 N–H and O–H groups in total. The summed E-state index contributed by atoms with van der Waals surface area (Å²) < 4.78 is 12.2. The van der Waals surface area contributed by atoms with Crippen LogP contribution in [0.5, 0.6) is 11.5 Å². The highest BCUT2D eigenvalue weighted by molar-refractivity contribution is 6.12. The van der Waals surface area contributed by atoms with Gasteiger partial charge < -0.3 is 20.5 Å². The van der Waals surface area contributed by atoms with E-state index in [0.29, 0.717) is 43.1 Å². The van der Waals surface area contributed by atoms with Gasteiger partial charge >= 0.3 is 11.7 Å². The second-order valence-corrected chi connectivity index (χ2v) is 8.35. The molecule has 0 radical (unpaired) electrons. The van der Waals surface area contributed by atoms with Gasteiger partial charge in [0.1, 0.15) is 30.1 Å². The van der Waals surface area contributed by atoms with Crippen molar-refractivity contribution in [1.29, 1.82) is 0 Å². The molecule has 1 aromatic heterocycles. The summed E-state index contributed by atoms with van der Waals surface area (Å²) in [6, 6.07) is 3.90. The Kier molecular flexibility index (Phi) is 4.55. The number of carbonyl (C=O) groups is 3. The smallest absolute Gasteiger partial charge is 0.330 e. The Bertz CT molecular complexity index is 1330. The first-order chi connectivity index (χ1) is 15.7. The number of carbonyl (C=O) groups excluding carboxylic acids is 3. The second-order valence-electron chi connectivity index (χ2n) is 8.35. The van der Waals surface area contributed by atoms with Crippen LogP contribution in [0, 0.1) is 0 Å². The molecule has 0 spiro atoms. The number of imide groups is 1. The first-order valence-corrected chi connectivity index (χ1v) is 10.4. The third kappa shape index (κ3) is 3.25. The topological polar surface area (TPSA) is 166 Å². The summed E-state index contributed by atoms with van der Waals surface area (Å²) >= 11 is 0. The minimum Gasteiger partial charge on any atom is -0.486 e. The van der Waals surface area contributed by atoms with Gasteiger partial charge in [0.15, 0.2) is 17.3 Å². The fourth-order valence-electron chi connectivity index (χ4n) is 4.14. The van der Waals surface area contributed by atoms with Gasteiger partial charge in [0, 0.05) is 6.04 Å². The Labute approximate surface area is 186 Å². The minimum absolute atomic E-state index is 0.184. The molecule has 12 nitrogen and oxygen atoms in total. The Morgan fingerprint density at radius 1 is 1.15 bits per heavy atom. The lowest BCUT2D eigenvalue weighted by Gasteiger charge is -2.25. The molecule has 2 fully saturated rings. The standard InChI is InChI=1S/C21H21N5O7/c1-21(10-2-5-13-14(8-10)33-7-6-32-13)18(29)25(20(31)24-21)9-12(27)15-16(22)26(11-3-4-11)19(30)23-17(15)28/h2,5,8,11H,3-4,6-7,9,22H2,1H3,(H,24,31)(H,23,28,30). The number of hydrogen-bond acceptors (Lipinski definition) is 8. The largest absolute Gasteiger partial charge is 0.486 e. The molecule has 1 atom stereocenters. The highest BCUT2D eigenvalue weighted by Crippen LogP contribution is 2.37. The number of aromatic nitrogens is 2. The fourth-order valence-corrected chi connectivity index (χ4v) is 4.14. The van der Waals surface area contributed by atoms with Gasteiger partial charge in [-0.05, 0) is 37.5 Å². The van der Waals surface area contributed by atoms with Gasteiger partial charge in [0.25, 0.3) is 11.5 Å². The summed E-state index contributed by atoms with van der Waals surface area (Å²) in [5, 5.41) is 2.60. The Morgan fingerprint density at radius 3 is 2.55 bits per heavy atom. The highest BCUT2D eigenvalue weighted by atomic mass is 16.6. The van der Waals surface area contributed by atoms with Crippen LogP contribution in [-0.4, -0.2) is 51.9 Å². The summed E-state index contributed by atoms with van der Waals surface area (Å²) in [4.78, 5) is 66.0. The number of amides is 3. The number of aromatic amines is 1. The molecular weight excluding hydrogens is 434 g/mol. The summed E-state index contributed by atoms with van der Waals surface area (Å²) in [6.07, 6.45) is 1.40. The van der Waals surface area contributed by atoms with Gasteiger partial charge in [-0.1, -0.05) is 6.07 Å². The molecule has 3 aliphatic rings. The van der Waals surface area contributed by atoms with Crippen molar-refractivity contribution in [1.82, 2.24) is 19.8 Å². The van der Waals surface area contributed by atoms with Crippen LogP contribution < -0.4 is 31.8 Å². The highest BCUT2D eigenvalue weighted by Gasteiger charge is 2.50. The van der Waals surface area contributed by atoms with E-state index in [1.807, 2.05) is 0 Å². The molecule has 1 aromatic carbocycles. The number of nitrogens with one attached hydrogen (secondary N) is 2. The van der Waals surface area contributed by atoms with E-state index in [1.165, 1.54) is 11.5 Å². The normalized spacial score (nSPS) is 21.8. The van der Waals surface area contributed by atoms with Gasteiger partial charge in [0.2, 0.25) is 0 Å². The molecule has 5 rings (SSSR count). The lowest BCUT2D eigenvalue weighted by Crippen LogP contribution is -2.43. The van der Waals surface area contributed by atoms with Crippen molar-refractivity contribution in [2.45, 2.75) is 31.3 Å². The molecule has 0 bridgehead atoms. The molecule has 172 valence electrons. The molecule has 2 aromatic rings. The maximum Gasteiger partial charge on any atom is 0.330 e. The number of hydrogen-bond donors (Lipinski definition) is 3. The predicted octanol–water partition coefficient (Wildman–Crippen LogP) is -0.125. The maximum absolute atomic E-state index is 13.2. The number of benzene rings is 1. The van der Waals surface area contributed by atoms with Crippen molar-refractivity contribution in [2.75, 3.05) is 25.5 Å². The number of fused-ring (bicyclic) bond motifs is 1. The van der Waals surface area contributed by atoms with Gasteiger partial charge in [0.05, 0.1) is 6.54 Å². The zero-order valence-corrected chi connectivity index (χ0v) is 17.7. The van der Waals surface area contributed by atoms with Gasteiger partial charge in [-0.25, -0.2) is 9.59 Å². The monoisotopic (exact) mass is 455 g/mol. The van der Waals surface area contributed by atoms with E-state index in [2.05, 4.69) is 10.3 Å². The quantitative estimate of drug-likeness (QED) is 0.414. The number of ketones is 1. The van der Waals surface area contributed by atoms with Crippen LogP contribution in [-0.2, 0) is 10.3 Å². The summed E-state index contributed by atoms with van der Waals surface area (Å²) in [5.74, 6) is -0.824. The zero-order valence-electron chi connectivity index (χ0n) is 17.7. The second kappa shape index (κ2) is 7.22.